The first-order chi connectivity index (χ1) is 5.85. The zero-order valence-electron chi connectivity index (χ0n) is 7.29. The Labute approximate surface area is 72.7 Å². The minimum absolute atomic E-state index is 0.272. The van der Waals surface area contributed by atoms with Gasteiger partial charge in [0.2, 0.25) is 0 Å². The molecule has 1 heterocycles. The van der Waals surface area contributed by atoms with Gasteiger partial charge in [-0.25, -0.2) is 0 Å². The number of hydrogen-bond acceptors (Lipinski definition) is 3. The van der Waals surface area contributed by atoms with E-state index in [1.54, 1.807) is 0 Å². The van der Waals surface area contributed by atoms with Gasteiger partial charge < -0.3 is 14.6 Å². The Morgan fingerprint density at radius 1 is 1.33 bits per heavy atom. The van der Waals surface area contributed by atoms with Crippen LogP contribution in [0.4, 0.5) is 0 Å². The van der Waals surface area contributed by atoms with Gasteiger partial charge in [0.15, 0.2) is 5.79 Å². The second-order valence-corrected chi connectivity index (χ2v) is 3.75. The maximum atomic E-state index is 8.97. The zero-order valence-corrected chi connectivity index (χ0v) is 7.29. The maximum Gasteiger partial charge on any atom is 0.168 e. The molecule has 1 N–H and O–H groups in total. The van der Waals surface area contributed by atoms with Crippen molar-refractivity contribution in [3.63, 3.8) is 0 Å². The molecular weight excluding hydrogens is 156 g/mol. The van der Waals surface area contributed by atoms with E-state index in [9.17, 15) is 0 Å². The van der Waals surface area contributed by atoms with Gasteiger partial charge >= 0.3 is 0 Å². The lowest BCUT2D eigenvalue weighted by Gasteiger charge is -2.33. The second kappa shape index (κ2) is 3.32. The molecule has 2 aliphatic rings. The third kappa shape index (κ3) is 1.49. The van der Waals surface area contributed by atoms with Crippen LogP contribution in [0.25, 0.3) is 0 Å². The standard InChI is InChI=1S/C9H16O3/c10-7-8-2-3-9(6-8)11-4-1-5-12-9/h8,10H,1-7H2. The molecule has 70 valence electrons. The molecule has 0 aromatic rings. The van der Waals surface area contributed by atoms with Crippen molar-refractivity contribution in [3.8, 4) is 0 Å². The van der Waals surface area contributed by atoms with Gasteiger partial charge in [0.25, 0.3) is 0 Å². The monoisotopic (exact) mass is 172 g/mol. The first-order valence-corrected chi connectivity index (χ1v) is 4.73. The summed E-state index contributed by atoms with van der Waals surface area (Å²) in [7, 11) is 0. The predicted octanol–water partition coefficient (Wildman–Crippen LogP) is 0.912. The summed E-state index contributed by atoms with van der Waals surface area (Å²) < 4.78 is 11.3. The van der Waals surface area contributed by atoms with Crippen LogP contribution >= 0.6 is 0 Å². The average molecular weight is 172 g/mol. The third-order valence-electron chi connectivity index (χ3n) is 2.81. The summed E-state index contributed by atoms with van der Waals surface area (Å²) in [6.07, 6.45) is 3.88. The van der Waals surface area contributed by atoms with Crippen LogP contribution in [-0.2, 0) is 9.47 Å². The van der Waals surface area contributed by atoms with Gasteiger partial charge in [-0.1, -0.05) is 0 Å². The first-order valence-electron chi connectivity index (χ1n) is 4.73. The summed E-state index contributed by atoms with van der Waals surface area (Å²) in [5.41, 5.74) is 0. The summed E-state index contributed by atoms with van der Waals surface area (Å²) in [5.74, 6) is 0.0779. The predicted molar refractivity (Wildman–Crippen MR) is 43.7 cm³/mol. The molecule has 0 amide bonds. The molecule has 0 aromatic heterocycles. The van der Waals surface area contributed by atoms with Crippen molar-refractivity contribution >= 4 is 0 Å². The van der Waals surface area contributed by atoms with E-state index < -0.39 is 0 Å². The van der Waals surface area contributed by atoms with Gasteiger partial charge in [-0.15, -0.1) is 0 Å². The Bertz CT molecular complexity index is 152. The molecule has 0 aromatic carbocycles. The molecule has 1 aliphatic carbocycles. The van der Waals surface area contributed by atoms with Crippen LogP contribution in [-0.4, -0.2) is 30.7 Å². The molecule has 0 radical (unpaired) electrons. The Balaban J connectivity index is 1.94. The molecular formula is C9H16O3. The van der Waals surface area contributed by atoms with E-state index in [2.05, 4.69) is 0 Å². The van der Waals surface area contributed by atoms with E-state index in [1.165, 1.54) is 0 Å². The lowest BCUT2D eigenvalue weighted by atomic mass is 10.1. The maximum absolute atomic E-state index is 8.97. The summed E-state index contributed by atoms with van der Waals surface area (Å²) in [6.45, 7) is 1.91. The largest absolute Gasteiger partial charge is 0.396 e. The minimum atomic E-state index is -0.314. The number of aliphatic hydroxyl groups is 1. The highest BCUT2D eigenvalue weighted by atomic mass is 16.7. The van der Waals surface area contributed by atoms with Gasteiger partial charge in [0.05, 0.1) is 13.2 Å². The third-order valence-corrected chi connectivity index (χ3v) is 2.81. The molecule has 2 fully saturated rings. The fraction of sp³-hybridized carbons (Fsp3) is 1.00. The summed E-state index contributed by atoms with van der Waals surface area (Å²) in [4.78, 5) is 0. The van der Waals surface area contributed by atoms with Crippen LogP contribution in [0.15, 0.2) is 0 Å². The highest BCUT2D eigenvalue weighted by Gasteiger charge is 2.42. The van der Waals surface area contributed by atoms with Crippen LogP contribution in [0.2, 0.25) is 0 Å². The number of rotatable bonds is 1. The Morgan fingerprint density at radius 3 is 2.67 bits per heavy atom. The SMILES string of the molecule is OCC1CCC2(C1)OCCCO2. The molecule has 1 atom stereocenters. The van der Waals surface area contributed by atoms with Crippen LogP contribution in [0.1, 0.15) is 25.7 Å². The van der Waals surface area contributed by atoms with E-state index in [4.69, 9.17) is 14.6 Å². The summed E-state index contributed by atoms with van der Waals surface area (Å²) in [5, 5.41) is 8.97. The Morgan fingerprint density at radius 2 is 2.08 bits per heavy atom. The molecule has 2 rings (SSSR count). The van der Waals surface area contributed by atoms with E-state index in [-0.39, 0.29) is 12.4 Å². The zero-order chi connectivity index (χ0) is 8.44. The van der Waals surface area contributed by atoms with Crippen molar-refractivity contribution < 1.29 is 14.6 Å². The van der Waals surface area contributed by atoms with E-state index in [0.717, 1.165) is 38.9 Å². The van der Waals surface area contributed by atoms with E-state index >= 15 is 0 Å². The number of ether oxygens (including phenoxy) is 2. The highest BCUT2D eigenvalue weighted by molar-refractivity contribution is 4.84. The second-order valence-electron chi connectivity index (χ2n) is 3.75. The quantitative estimate of drug-likeness (QED) is 0.639. The summed E-state index contributed by atoms with van der Waals surface area (Å²) >= 11 is 0. The van der Waals surface area contributed by atoms with Gasteiger partial charge in [0, 0.05) is 19.4 Å². The van der Waals surface area contributed by atoms with Gasteiger partial charge in [-0.05, 0) is 18.8 Å². The molecule has 3 nitrogen and oxygen atoms in total. The smallest absolute Gasteiger partial charge is 0.168 e. The molecule has 1 saturated heterocycles. The minimum Gasteiger partial charge on any atom is -0.396 e. The summed E-state index contributed by atoms with van der Waals surface area (Å²) in [6, 6.07) is 0. The number of aliphatic hydroxyl groups excluding tert-OH is 1. The van der Waals surface area contributed by atoms with E-state index in [1.807, 2.05) is 0 Å². The van der Waals surface area contributed by atoms with Crippen LogP contribution in [0, 0.1) is 5.92 Å². The first kappa shape index (κ1) is 8.48. The fourth-order valence-electron chi connectivity index (χ4n) is 2.10. The Kier molecular flexibility index (Phi) is 2.35. The number of hydrogen-bond donors (Lipinski definition) is 1. The topological polar surface area (TPSA) is 38.7 Å². The fourth-order valence-corrected chi connectivity index (χ4v) is 2.10. The van der Waals surface area contributed by atoms with Crippen molar-refractivity contribution in [2.24, 2.45) is 5.92 Å². The molecule has 1 spiro atoms. The van der Waals surface area contributed by atoms with Gasteiger partial charge in [0.1, 0.15) is 0 Å². The van der Waals surface area contributed by atoms with Crippen molar-refractivity contribution in [1.82, 2.24) is 0 Å². The highest BCUT2D eigenvalue weighted by Crippen LogP contribution is 2.39. The molecule has 12 heavy (non-hydrogen) atoms. The molecule has 1 saturated carbocycles. The normalized spacial score (nSPS) is 34.2. The van der Waals surface area contributed by atoms with Crippen molar-refractivity contribution in [2.75, 3.05) is 19.8 Å². The molecule has 1 unspecified atom stereocenters. The van der Waals surface area contributed by atoms with E-state index in [0.29, 0.717) is 5.92 Å². The average Bonchev–Trinajstić information content (AvgIpc) is 2.50. The van der Waals surface area contributed by atoms with Crippen LogP contribution in [0.5, 0.6) is 0 Å². The van der Waals surface area contributed by atoms with Crippen molar-refractivity contribution in [3.05, 3.63) is 0 Å². The molecule has 3 heteroatoms. The molecule has 1 aliphatic heterocycles. The lowest BCUT2D eigenvalue weighted by Crippen LogP contribution is -2.38. The lowest BCUT2D eigenvalue weighted by molar-refractivity contribution is -0.263. The molecule has 0 bridgehead atoms. The van der Waals surface area contributed by atoms with Crippen molar-refractivity contribution in [1.29, 1.82) is 0 Å². The van der Waals surface area contributed by atoms with Gasteiger partial charge in [-0.3, -0.25) is 0 Å². The Hall–Kier alpha value is -0.120. The van der Waals surface area contributed by atoms with Crippen molar-refractivity contribution in [2.45, 2.75) is 31.5 Å². The van der Waals surface area contributed by atoms with Crippen LogP contribution < -0.4 is 0 Å². The van der Waals surface area contributed by atoms with Gasteiger partial charge in [-0.2, -0.15) is 0 Å². The van der Waals surface area contributed by atoms with Crippen LogP contribution in [0.3, 0.4) is 0 Å².